The van der Waals surface area contributed by atoms with Crippen molar-refractivity contribution in [2.45, 2.75) is 6.04 Å². The van der Waals surface area contributed by atoms with E-state index in [0.717, 1.165) is 11.1 Å². The zero-order chi connectivity index (χ0) is 20.1. The van der Waals surface area contributed by atoms with Gasteiger partial charge in [0.05, 0.1) is 0 Å². The molecule has 0 bridgehead atoms. The first kappa shape index (κ1) is 18.7. The van der Waals surface area contributed by atoms with Crippen LogP contribution in [0.4, 0.5) is 10.5 Å². The molecule has 144 valence electrons. The van der Waals surface area contributed by atoms with Gasteiger partial charge in [-0.15, -0.1) is 10.2 Å². The monoisotopic (exact) mass is 404 g/mol. The largest absolute Gasteiger partial charge is 0.418 e. The van der Waals surface area contributed by atoms with Gasteiger partial charge >= 0.3 is 6.03 Å². The summed E-state index contributed by atoms with van der Waals surface area (Å²) < 4.78 is 5.87. The highest BCUT2D eigenvalue weighted by atomic mass is 35.5. The molecule has 0 aliphatic carbocycles. The maximum atomic E-state index is 12.6. The fourth-order valence-corrected chi connectivity index (χ4v) is 2.94. The summed E-state index contributed by atoms with van der Waals surface area (Å²) in [4.78, 5) is 12.6. The topological polar surface area (TPSA) is 80.0 Å². The predicted octanol–water partition coefficient (Wildman–Crippen LogP) is 5.30. The molecule has 1 unspecified atom stereocenters. The van der Waals surface area contributed by atoms with Crippen molar-refractivity contribution >= 4 is 23.3 Å². The third-order valence-electron chi connectivity index (χ3n) is 4.22. The van der Waals surface area contributed by atoms with Crippen LogP contribution in [0.3, 0.4) is 0 Å². The average molecular weight is 405 g/mol. The van der Waals surface area contributed by atoms with Crippen molar-refractivity contribution in [3.8, 4) is 11.5 Å². The Labute approximate surface area is 172 Å². The third-order valence-corrected chi connectivity index (χ3v) is 4.47. The molecular formula is C22H17ClN4O2. The molecule has 0 radical (unpaired) electrons. The molecule has 29 heavy (non-hydrogen) atoms. The molecule has 6 nitrogen and oxygen atoms in total. The molecule has 4 rings (SSSR count). The summed E-state index contributed by atoms with van der Waals surface area (Å²) in [5.41, 5.74) is 2.24. The Balaban J connectivity index is 1.61. The van der Waals surface area contributed by atoms with Crippen LogP contribution in [0.15, 0.2) is 89.3 Å². The van der Waals surface area contributed by atoms with Crippen molar-refractivity contribution in [1.82, 2.24) is 15.5 Å². The number of carbonyl (C=O) groups excluding carboxylic acids is 1. The van der Waals surface area contributed by atoms with Gasteiger partial charge in [0.25, 0.3) is 0 Å². The summed E-state index contributed by atoms with van der Waals surface area (Å²) in [5, 5.41) is 14.6. The number of carbonyl (C=O) groups is 1. The van der Waals surface area contributed by atoms with Crippen LogP contribution in [-0.4, -0.2) is 16.2 Å². The number of anilines is 1. The molecule has 0 saturated heterocycles. The van der Waals surface area contributed by atoms with E-state index in [4.69, 9.17) is 16.0 Å². The fraction of sp³-hybridized carbons (Fsp3) is 0.0455. The second-order valence-corrected chi connectivity index (χ2v) is 6.70. The summed E-state index contributed by atoms with van der Waals surface area (Å²) in [7, 11) is 0. The van der Waals surface area contributed by atoms with Gasteiger partial charge in [-0.3, -0.25) is 0 Å². The van der Waals surface area contributed by atoms with E-state index in [2.05, 4.69) is 20.8 Å². The number of urea groups is 1. The Morgan fingerprint density at radius 2 is 1.52 bits per heavy atom. The molecule has 2 amide bonds. The highest BCUT2D eigenvalue weighted by Crippen LogP contribution is 2.26. The van der Waals surface area contributed by atoms with Gasteiger partial charge in [0.15, 0.2) is 0 Å². The quantitative estimate of drug-likeness (QED) is 0.473. The van der Waals surface area contributed by atoms with Crippen LogP contribution < -0.4 is 10.6 Å². The van der Waals surface area contributed by atoms with E-state index in [9.17, 15) is 4.79 Å². The number of aromatic nitrogens is 2. The summed E-state index contributed by atoms with van der Waals surface area (Å²) in [6, 6.07) is 24.7. The molecule has 3 aromatic carbocycles. The van der Waals surface area contributed by atoms with E-state index in [-0.39, 0.29) is 5.89 Å². The van der Waals surface area contributed by atoms with Gasteiger partial charge in [0.2, 0.25) is 11.8 Å². The maximum absolute atomic E-state index is 12.6. The SMILES string of the molecule is O=C(Nc1ccccc1)NC(c1ccc(Cl)cc1)c1nnc(-c2ccccc2)o1. The Kier molecular flexibility index (Phi) is 5.54. The molecule has 1 aromatic heterocycles. The van der Waals surface area contributed by atoms with Crippen LogP contribution in [0.1, 0.15) is 17.5 Å². The molecule has 2 N–H and O–H groups in total. The first-order valence-corrected chi connectivity index (χ1v) is 9.34. The Morgan fingerprint density at radius 1 is 0.862 bits per heavy atom. The maximum Gasteiger partial charge on any atom is 0.320 e. The van der Waals surface area contributed by atoms with Crippen LogP contribution in [0.2, 0.25) is 5.02 Å². The molecular weight excluding hydrogens is 388 g/mol. The molecule has 0 spiro atoms. The van der Waals surface area contributed by atoms with Gasteiger partial charge in [-0.2, -0.15) is 0 Å². The minimum atomic E-state index is -0.638. The van der Waals surface area contributed by atoms with Gasteiger partial charge in [-0.1, -0.05) is 60.1 Å². The van der Waals surface area contributed by atoms with Crippen LogP contribution in [0.5, 0.6) is 0 Å². The Hall–Kier alpha value is -3.64. The average Bonchev–Trinajstić information content (AvgIpc) is 3.24. The Bertz CT molecular complexity index is 1080. The van der Waals surface area contributed by atoms with Crippen molar-refractivity contribution in [3.05, 3.63) is 101 Å². The van der Waals surface area contributed by atoms with Gasteiger partial charge in [-0.25, -0.2) is 4.79 Å². The van der Waals surface area contributed by atoms with Crippen molar-refractivity contribution in [1.29, 1.82) is 0 Å². The van der Waals surface area contributed by atoms with E-state index < -0.39 is 12.1 Å². The zero-order valence-electron chi connectivity index (χ0n) is 15.2. The number of para-hydroxylation sites is 1. The molecule has 1 heterocycles. The van der Waals surface area contributed by atoms with Crippen molar-refractivity contribution in [3.63, 3.8) is 0 Å². The van der Waals surface area contributed by atoms with E-state index >= 15 is 0 Å². The van der Waals surface area contributed by atoms with Gasteiger partial charge < -0.3 is 15.1 Å². The summed E-state index contributed by atoms with van der Waals surface area (Å²) in [6.07, 6.45) is 0. The van der Waals surface area contributed by atoms with E-state index in [0.29, 0.717) is 16.6 Å². The second-order valence-electron chi connectivity index (χ2n) is 6.26. The van der Waals surface area contributed by atoms with Gasteiger partial charge in [0, 0.05) is 16.3 Å². The molecule has 0 fully saturated rings. The highest BCUT2D eigenvalue weighted by Gasteiger charge is 2.23. The lowest BCUT2D eigenvalue weighted by Crippen LogP contribution is -2.33. The standard InChI is InChI=1S/C22H17ClN4O2/c23-17-13-11-15(12-14-17)19(25-22(28)24-18-9-5-2-6-10-18)21-27-26-20(29-21)16-7-3-1-4-8-16/h1-14,19H,(H2,24,25,28). The first-order valence-electron chi connectivity index (χ1n) is 8.96. The summed E-state index contributed by atoms with van der Waals surface area (Å²) >= 11 is 6.01. The fourth-order valence-electron chi connectivity index (χ4n) is 2.81. The number of hydrogen-bond acceptors (Lipinski definition) is 4. The molecule has 0 aliphatic heterocycles. The number of rotatable bonds is 5. The first-order chi connectivity index (χ1) is 14.2. The molecule has 0 aliphatic rings. The van der Waals surface area contributed by atoms with Crippen molar-refractivity contribution in [2.75, 3.05) is 5.32 Å². The lowest BCUT2D eigenvalue weighted by atomic mass is 10.1. The lowest BCUT2D eigenvalue weighted by Gasteiger charge is -2.16. The van der Waals surface area contributed by atoms with E-state index in [1.54, 1.807) is 24.3 Å². The number of nitrogens with zero attached hydrogens (tertiary/aromatic N) is 2. The van der Waals surface area contributed by atoms with Crippen LogP contribution in [-0.2, 0) is 0 Å². The minimum Gasteiger partial charge on any atom is -0.418 e. The number of benzene rings is 3. The van der Waals surface area contributed by atoms with E-state index in [1.807, 2.05) is 60.7 Å². The number of halogens is 1. The van der Waals surface area contributed by atoms with Crippen molar-refractivity contribution in [2.24, 2.45) is 0 Å². The van der Waals surface area contributed by atoms with Crippen LogP contribution in [0.25, 0.3) is 11.5 Å². The lowest BCUT2D eigenvalue weighted by molar-refractivity contribution is 0.248. The summed E-state index contributed by atoms with van der Waals surface area (Å²) in [6.45, 7) is 0. The number of amides is 2. The van der Waals surface area contributed by atoms with Gasteiger partial charge in [-0.05, 0) is 42.0 Å². The smallest absolute Gasteiger partial charge is 0.320 e. The number of nitrogens with one attached hydrogen (secondary N) is 2. The number of hydrogen-bond donors (Lipinski definition) is 2. The molecule has 4 aromatic rings. The normalized spacial score (nSPS) is 11.6. The van der Waals surface area contributed by atoms with Crippen molar-refractivity contribution < 1.29 is 9.21 Å². The highest BCUT2D eigenvalue weighted by molar-refractivity contribution is 6.30. The molecule has 7 heteroatoms. The van der Waals surface area contributed by atoms with Crippen LogP contribution in [0, 0.1) is 0 Å². The molecule has 1 atom stereocenters. The third kappa shape index (κ3) is 4.62. The summed E-state index contributed by atoms with van der Waals surface area (Å²) in [5.74, 6) is 0.652. The van der Waals surface area contributed by atoms with E-state index in [1.165, 1.54) is 0 Å². The van der Waals surface area contributed by atoms with Gasteiger partial charge in [0.1, 0.15) is 6.04 Å². The minimum absolute atomic E-state index is 0.273. The van der Waals surface area contributed by atoms with Crippen LogP contribution >= 0.6 is 11.6 Å². The second kappa shape index (κ2) is 8.58. The zero-order valence-corrected chi connectivity index (χ0v) is 16.0. The Morgan fingerprint density at radius 3 is 2.21 bits per heavy atom. The molecule has 0 saturated carbocycles. The predicted molar refractivity (Wildman–Crippen MR) is 112 cm³/mol.